The molecule has 1 heterocycles. The molecule has 1 aliphatic carbocycles. The Morgan fingerprint density at radius 2 is 1.92 bits per heavy atom. The second-order valence-corrected chi connectivity index (χ2v) is 7.26. The summed E-state index contributed by atoms with van der Waals surface area (Å²) in [6.45, 7) is 2.43. The lowest BCUT2D eigenvalue weighted by atomic mass is 9.97. The Bertz CT molecular complexity index is 202. The molecule has 0 bridgehead atoms. The summed E-state index contributed by atoms with van der Waals surface area (Å²) in [6.07, 6.45) is 9.42. The molecule has 2 heteroatoms. The average molecular weight is 214 g/mol. The first-order valence-electron chi connectivity index (χ1n) is 5.29. The van der Waals surface area contributed by atoms with Gasteiger partial charge in [0.05, 0.1) is 4.08 Å². The molecule has 0 aromatic heterocycles. The van der Waals surface area contributed by atoms with Gasteiger partial charge in [-0.05, 0) is 56.1 Å². The lowest BCUT2D eigenvalue weighted by Gasteiger charge is -2.36. The van der Waals surface area contributed by atoms with Gasteiger partial charge in [-0.25, -0.2) is 0 Å². The molecule has 0 saturated carbocycles. The highest BCUT2D eigenvalue weighted by atomic mass is 32.2. The van der Waals surface area contributed by atoms with E-state index in [1.54, 1.807) is 5.57 Å². The monoisotopic (exact) mass is 214 g/mol. The van der Waals surface area contributed by atoms with Gasteiger partial charge in [-0.3, -0.25) is 0 Å². The van der Waals surface area contributed by atoms with E-state index in [1.165, 1.54) is 43.6 Å². The maximum absolute atomic E-state index is 2.51. The van der Waals surface area contributed by atoms with E-state index in [0.29, 0.717) is 4.08 Å². The van der Waals surface area contributed by atoms with Crippen LogP contribution in [0.4, 0.5) is 0 Å². The first-order valence-corrected chi connectivity index (χ1v) is 7.26. The zero-order valence-corrected chi connectivity index (χ0v) is 9.98. The molecule has 0 aromatic rings. The fraction of sp³-hybridized carbons (Fsp3) is 0.818. The minimum absolute atomic E-state index is 0.443. The summed E-state index contributed by atoms with van der Waals surface area (Å²) in [6, 6.07) is 0. The zero-order valence-electron chi connectivity index (χ0n) is 8.34. The largest absolute Gasteiger partial charge is 0.140 e. The molecule has 0 atom stereocenters. The predicted molar refractivity (Wildman–Crippen MR) is 64.5 cm³/mol. The van der Waals surface area contributed by atoms with Gasteiger partial charge in [0.2, 0.25) is 0 Å². The normalized spacial score (nSPS) is 28.2. The molecule has 2 rings (SSSR count). The molecule has 74 valence electrons. The van der Waals surface area contributed by atoms with Gasteiger partial charge in [-0.15, -0.1) is 23.5 Å². The molecule has 0 unspecified atom stereocenters. The van der Waals surface area contributed by atoms with Crippen LogP contribution in [0, 0.1) is 0 Å². The van der Waals surface area contributed by atoms with Crippen molar-refractivity contribution in [2.24, 2.45) is 0 Å². The Kier molecular flexibility index (Phi) is 3.31. The molecule has 0 nitrogen and oxygen atoms in total. The van der Waals surface area contributed by atoms with Gasteiger partial charge in [-0.2, -0.15) is 0 Å². The van der Waals surface area contributed by atoms with E-state index >= 15 is 0 Å². The van der Waals surface area contributed by atoms with Crippen molar-refractivity contribution < 1.29 is 0 Å². The summed E-state index contributed by atoms with van der Waals surface area (Å²) >= 11 is 4.33. The number of hydrogen-bond donors (Lipinski definition) is 0. The molecule has 0 aromatic carbocycles. The smallest absolute Gasteiger partial charge is 0.0792 e. The minimum atomic E-state index is 0.443. The number of hydrogen-bond acceptors (Lipinski definition) is 2. The summed E-state index contributed by atoms with van der Waals surface area (Å²) in [5.74, 6) is 2.72. The average Bonchev–Trinajstić information content (AvgIpc) is 2.20. The summed E-state index contributed by atoms with van der Waals surface area (Å²) in [4.78, 5) is 0. The molecular formula is C11H18S2. The lowest BCUT2D eigenvalue weighted by molar-refractivity contribution is 0.678. The van der Waals surface area contributed by atoms with Gasteiger partial charge in [0.1, 0.15) is 0 Å². The maximum atomic E-state index is 2.51. The molecule has 1 fully saturated rings. The summed E-state index contributed by atoms with van der Waals surface area (Å²) < 4.78 is 0.443. The van der Waals surface area contributed by atoms with Gasteiger partial charge >= 0.3 is 0 Å². The zero-order chi connectivity index (χ0) is 9.15. The van der Waals surface area contributed by atoms with Crippen LogP contribution in [0.1, 0.15) is 39.0 Å². The van der Waals surface area contributed by atoms with Crippen LogP contribution in [0.15, 0.2) is 11.6 Å². The van der Waals surface area contributed by atoms with Crippen LogP contribution in [0.5, 0.6) is 0 Å². The number of thioether (sulfide) groups is 2. The number of rotatable bonds is 1. The molecule has 0 spiro atoms. The Morgan fingerprint density at radius 1 is 1.15 bits per heavy atom. The van der Waals surface area contributed by atoms with Gasteiger partial charge in [0.15, 0.2) is 0 Å². The van der Waals surface area contributed by atoms with Crippen molar-refractivity contribution in [3.8, 4) is 0 Å². The fourth-order valence-electron chi connectivity index (χ4n) is 2.07. The molecule has 0 N–H and O–H groups in total. The van der Waals surface area contributed by atoms with Gasteiger partial charge in [0, 0.05) is 0 Å². The fourth-order valence-corrected chi connectivity index (χ4v) is 5.18. The Morgan fingerprint density at radius 3 is 2.54 bits per heavy atom. The third-order valence-corrected chi connectivity index (χ3v) is 6.24. The van der Waals surface area contributed by atoms with E-state index in [-0.39, 0.29) is 0 Å². The highest BCUT2D eigenvalue weighted by Crippen LogP contribution is 2.49. The van der Waals surface area contributed by atoms with E-state index < -0.39 is 0 Å². The third-order valence-electron chi connectivity index (χ3n) is 2.92. The molecule has 0 radical (unpaired) electrons. The summed E-state index contributed by atoms with van der Waals surface area (Å²) in [5.41, 5.74) is 1.73. The van der Waals surface area contributed by atoms with Crippen molar-refractivity contribution in [2.75, 3.05) is 11.5 Å². The van der Waals surface area contributed by atoms with Crippen molar-refractivity contribution >= 4 is 23.5 Å². The van der Waals surface area contributed by atoms with E-state index in [2.05, 4.69) is 36.5 Å². The maximum Gasteiger partial charge on any atom is 0.0792 e. The van der Waals surface area contributed by atoms with Gasteiger partial charge < -0.3 is 0 Å². The molecule has 1 aliphatic heterocycles. The van der Waals surface area contributed by atoms with Crippen molar-refractivity contribution in [1.82, 2.24) is 0 Å². The first-order chi connectivity index (χ1) is 6.31. The predicted octanol–water partition coefficient (Wildman–Crippen LogP) is 4.07. The van der Waals surface area contributed by atoms with Crippen LogP contribution >= 0.6 is 23.5 Å². The molecule has 1 saturated heterocycles. The SMILES string of the molecule is CC1(C2=CCCCC2)SCCCS1. The molecular weight excluding hydrogens is 196 g/mol. The van der Waals surface area contributed by atoms with Crippen LogP contribution in [0.2, 0.25) is 0 Å². The summed E-state index contributed by atoms with van der Waals surface area (Å²) in [5, 5.41) is 0. The van der Waals surface area contributed by atoms with E-state index in [9.17, 15) is 0 Å². The van der Waals surface area contributed by atoms with Crippen molar-refractivity contribution in [1.29, 1.82) is 0 Å². The Labute approximate surface area is 89.9 Å². The van der Waals surface area contributed by atoms with Crippen molar-refractivity contribution in [3.05, 3.63) is 11.6 Å². The lowest BCUT2D eigenvalue weighted by Crippen LogP contribution is -2.24. The third kappa shape index (κ3) is 2.27. The standard InChI is InChI=1S/C11H18S2/c1-11(12-8-5-9-13-11)10-6-3-2-4-7-10/h6H,2-5,7-9H2,1H3. The first kappa shape index (κ1) is 9.97. The van der Waals surface area contributed by atoms with Gasteiger partial charge in [0.25, 0.3) is 0 Å². The van der Waals surface area contributed by atoms with Crippen LogP contribution < -0.4 is 0 Å². The van der Waals surface area contributed by atoms with E-state index in [4.69, 9.17) is 0 Å². The summed E-state index contributed by atoms with van der Waals surface area (Å²) in [7, 11) is 0. The van der Waals surface area contributed by atoms with Crippen LogP contribution in [0.3, 0.4) is 0 Å². The van der Waals surface area contributed by atoms with Crippen molar-refractivity contribution in [2.45, 2.75) is 43.1 Å². The Balaban J connectivity index is 2.07. The van der Waals surface area contributed by atoms with E-state index in [0.717, 1.165) is 0 Å². The topological polar surface area (TPSA) is 0 Å². The second kappa shape index (κ2) is 4.31. The van der Waals surface area contributed by atoms with Crippen LogP contribution in [0.25, 0.3) is 0 Å². The quantitative estimate of drug-likeness (QED) is 0.603. The van der Waals surface area contributed by atoms with Crippen LogP contribution in [-0.2, 0) is 0 Å². The van der Waals surface area contributed by atoms with Crippen molar-refractivity contribution in [3.63, 3.8) is 0 Å². The molecule has 0 amide bonds. The Hall–Kier alpha value is 0.440. The molecule has 13 heavy (non-hydrogen) atoms. The van der Waals surface area contributed by atoms with E-state index in [1.807, 2.05) is 0 Å². The second-order valence-electron chi connectivity index (χ2n) is 3.97. The minimum Gasteiger partial charge on any atom is -0.140 e. The highest BCUT2D eigenvalue weighted by molar-refractivity contribution is 8.19. The number of allylic oxidation sites excluding steroid dienone is 1. The van der Waals surface area contributed by atoms with Crippen LogP contribution in [-0.4, -0.2) is 15.6 Å². The highest BCUT2D eigenvalue weighted by Gasteiger charge is 2.32. The molecule has 2 aliphatic rings. The van der Waals surface area contributed by atoms with Gasteiger partial charge in [-0.1, -0.05) is 6.08 Å².